The molecule has 0 radical (unpaired) electrons. The molecule has 0 saturated heterocycles. The third-order valence-electron chi connectivity index (χ3n) is 7.13. The van der Waals surface area contributed by atoms with Crippen LogP contribution in [-0.2, 0) is 23.9 Å². The Balaban J connectivity index is 1.44. The van der Waals surface area contributed by atoms with Gasteiger partial charge in [0.1, 0.15) is 5.76 Å². The Hall–Kier alpha value is -4.53. The summed E-state index contributed by atoms with van der Waals surface area (Å²) in [5.41, 5.74) is 9.63. The Morgan fingerprint density at radius 1 is 0.975 bits per heavy atom. The number of nitrogens with two attached hydrogens (primary N) is 1. The van der Waals surface area contributed by atoms with E-state index >= 15 is 0 Å². The van der Waals surface area contributed by atoms with Crippen LogP contribution in [0.25, 0.3) is 22.5 Å². The van der Waals surface area contributed by atoms with Gasteiger partial charge in [-0.05, 0) is 77.1 Å². The number of urea groups is 1. The van der Waals surface area contributed by atoms with Crippen LogP contribution in [0.3, 0.4) is 0 Å². The van der Waals surface area contributed by atoms with Gasteiger partial charge in [0.05, 0.1) is 17.9 Å². The normalized spacial score (nSPS) is 13.9. The van der Waals surface area contributed by atoms with Crippen molar-refractivity contribution in [2.75, 3.05) is 6.54 Å². The minimum absolute atomic E-state index is 0.131. The van der Waals surface area contributed by atoms with E-state index in [2.05, 4.69) is 5.32 Å². The van der Waals surface area contributed by atoms with E-state index < -0.39 is 17.6 Å². The fourth-order valence-electron chi connectivity index (χ4n) is 5.09. The van der Waals surface area contributed by atoms with Crippen LogP contribution in [0.4, 0.5) is 18.0 Å². The fourth-order valence-corrected chi connectivity index (χ4v) is 5.09. The van der Waals surface area contributed by atoms with Gasteiger partial charge < -0.3 is 20.4 Å². The predicted molar refractivity (Wildman–Crippen MR) is 145 cm³/mol. The Kier molecular flexibility index (Phi) is 7.64. The standard InChI is InChI=1S/C31H28F3N3O3/c32-31(33,34)24-10-8-20(9-11-24)26-18-22(28-7-4-16-40-28)17-23-19-37(15-14-25(23)26)30(39)36-27(12-13-29(35)38)21-5-2-1-3-6-21/h1-11,16-18,27H,12-15,19H2,(H2,35,38)(H,36,39)/t27-/m0/s1. The summed E-state index contributed by atoms with van der Waals surface area (Å²) in [6, 6.07) is 21.3. The smallest absolute Gasteiger partial charge is 0.416 e. The summed E-state index contributed by atoms with van der Waals surface area (Å²) >= 11 is 0. The number of carbonyl (C=O) groups is 2. The maximum Gasteiger partial charge on any atom is 0.416 e. The van der Waals surface area contributed by atoms with E-state index in [0.29, 0.717) is 37.3 Å². The minimum Gasteiger partial charge on any atom is -0.464 e. The third-order valence-corrected chi connectivity index (χ3v) is 7.13. The number of benzene rings is 3. The van der Waals surface area contributed by atoms with Crippen molar-refractivity contribution in [3.63, 3.8) is 0 Å². The average molecular weight is 548 g/mol. The van der Waals surface area contributed by atoms with Gasteiger partial charge in [-0.3, -0.25) is 4.79 Å². The van der Waals surface area contributed by atoms with Crippen molar-refractivity contribution in [1.82, 2.24) is 10.2 Å². The van der Waals surface area contributed by atoms with Gasteiger partial charge in [-0.25, -0.2) is 4.79 Å². The van der Waals surface area contributed by atoms with Gasteiger partial charge in [-0.15, -0.1) is 0 Å². The molecule has 5 rings (SSSR count). The van der Waals surface area contributed by atoms with E-state index in [-0.39, 0.29) is 18.5 Å². The summed E-state index contributed by atoms with van der Waals surface area (Å²) in [5.74, 6) is 0.177. The van der Waals surface area contributed by atoms with Crippen molar-refractivity contribution in [3.05, 3.63) is 107 Å². The van der Waals surface area contributed by atoms with E-state index in [9.17, 15) is 22.8 Å². The van der Waals surface area contributed by atoms with Gasteiger partial charge in [-0.1, -0.05) is 42.5 Å². The first-order valence-corrected chi connectivity index (χ1v) is 12.9. The largest absolute Gasteiger partial charge is 0.464 e. The van der Waals surface area contributed by atoms with Gasteiger partial charge in [0, 0.05) is 25.1 Å². The molecule has 3 aromatic carbocycles. The molecular weight excluding hydrogens is 519 g/mol. The number of carbonyl (C=O) groups excluding carboxylic acids is 2. The van der Waals surface area contributed by atoms with Crippen LogP contribution in [0.1, 0.15) is 41.1 Å². The number of hydrogen-bond donors (Lipinski definition) is 2. The SMILES string of the molecule is NC(=O)CC[C@H](NC(=O)N1CCc2c(cc(-c3ccco3)cc2-c2ccc(C(F)(F)F)cc2)C1)c1ccccc1. The van der Waals surface area contributed by atoms with Crippen molar-refractivity contribution in [3.8, 4) is 22.5 Å². The van der Waals surface area contributed by atoms with E-state index in [1.807, 2.05) is 48.5 Å². The summed E-state index contributed by atoms with van der Waals surface area (Å²) in [7, 11) is 0. The molecule has 3 amide bonds. The average Bonchev–Trinajstić information content (AvgIpc) is 3.49. The van der Waals surface area contributed by atoms with Gasteiger partial charge in [0.25, 0.3) is 0 Å². The van der Waals surface area contributed by atoms with Crippen LogP contribution < -0.4 is 11.1 Å². The highest BCUT2D eigenvalue weighted by Crippen LogP contribution is 2.37. The van der Waals surface area contributed by atoms with Crippen molar-refractivity contribution < 1.29 is 27.2 Å². The lowest BCUT2D eigenvalue weighted by molar-refractivity contribution is -0.137. The molecule has 0 fully saturated rings. The number of rotatable bonds is 7. The van der Waals surface area contributed by atoms with Gasteiger partial charge in [0.15, 0.2) is 0 Å². The molecule has 4 aromatic rings. The Morgan fingerprint density at radius 3 is 2.38 bits per heavy atom. The first-order chi connectivity index (χ1) is 19.2. The Bertz CT molecular complexity index is 1480. The predicted octanol–water partition coefficient (Wildman–Crippen LogP) is 6.71. The molecule has 206 valence electrons. The number of primary amides is 1. The maximum atomic E-state index is 13.4. The molecule has 0 unspecified atom stereocenters. The maximum absolute atomic E-state index is 13.4. The monoisotopic (exact) mass is 547 g/mol. The summed E-state index contributed by atoms with van der Waals surface area (Å²) in [6.45, 7) is 0.727. The highest BCUT2D eigenvalue weighted by Gasteiger charge is 2.31. The second kappa shape index (κ2) is 11.3. The molecule has 1 aromatic heterocycles. The number of fused-ring (bicyclic) bond motifs is 1. The molecule has 6 nitrogen and oxygen atoms in total. The van der Waals surface area contributed by atoms with Crippen LogP contribution in [0, 0.1) is 0 Å². The quantitative estimate of drug-likeness (QED) is 0.270. The van der Waals surface area contributed by atoms with Gasteiger partial charge in [0.2, 0.25) is 5.91 Å². The lowest BCUT2D eigenvalue weighted by atomic mass is 9.88. The molecule has 1 aliphatic heterocycles. The van der Waals surface area contributed by atoms with Crippen molar-refractivity contribution >= 4 is 11.9 Å². The van der Waals surface area contributed by atoms with Crippen LogP contribution in [0.2, 0.25) is 0 Å². The van der Waals surface area contributed by atoms with Crippen molar-refractivity contribution in [1.29, 1.82) is 0 Å². The molecule has 2 heterocycles. The van der Waals surface area contributed by atoms with Gasteiger partial charge >= 0.3 is 12.2 Å². The number of hydrogen-bond acceptors (Lipinski definition) is 3. The van der Waals surface area contributed by atoms with E-state index in [0.717, 1.165) is 39.9 Å². The lowest BCUT2D eigenvalue weighted by Gasteiger charge is -2.32. The zero-order valence-corrected chi connectivity index (χ0v) is 21.6. The highest BCUT2D eigenvalue weighted by molar-refractivity contribution is 5.79. The van der Waals surface area contributed by atoms with E-state index in [4.69, 9.17) is 10.2 Å². The first kappa shape index (κ1) is 27.1. The molecule has 9 heteroatoms. The van der Waals surface area contributed by atoms with E-state index in [1.165, 1.54) is 12.1 Å². The van der Waals surface area contributed by atoms with E-state index in [1.54, 1.807) is 17.2 Å². The van der Waals surface area contributed by atoms with Crippen LogP contribution in [0.5, 0.6) is 0 Å². The second-order valence-electron chi connectivity index (χ2n) is 9.80. The van der Waals surface area contributed by atoms with Crippen LogP contribution in [-0.4, -0.2) is 23.4 Å². The first-order valence-electron chi connectivity index (χ1n) is 12.9. The molecule has 0 saturated carbocycles. The van der Waals surface area contributed by atoms with Gasteiger partial charge in [-0.2, -0.15) is 13.2 Å². The zero-order chi connectivity index (χ0) is 28.3. The Morgan fingerprint density at radius 2 is 1.73 bits per heavy atom. The third kappa shape index (κ3) is 6.03. The summed E-state index contributed by atoms with van der Waals surface area (Å²) in [6.07, 6.45) is -1.84. The minimum atomic E-state index is -4.42. The topological polar surface area (TPSA) is 88.6 Å². The number of nitrogens with one attached hydrogen (secondary N) is 1. The molecule has 0 aliphatic carbocycles. The molecule has 1 aliphatic rings. The molecular formula is C31H28F3N3O3. The van der Waals surface area contributed by atoms with Crippen molar-refractivity contribution in [2.24, 2.45) is 5.73 Å². The Labute approximate surface area is 229 Å². The number of halogens is 3. The molecule has 3 N–H and O–H groups in total. The number of furan rings is 1. The molecule has 0 spiro atoms. The number of alkyl halides is 3. The summed E-state index contributed by atoms with van der Waals surface area (Å²) in [5, 5.41) is 3.05. The van der Waals surface area contributed by atoms with Crippen LogP contribution >= 0.6 is 0 Å². The number of nitrogens with zero attached hydrogens (tertiary/aromatic N) is 1. The number of amides is 3. The lowest BCUT2D eigenvalue weighted by Crippen LogP contribution is -2.44. The zero-order valence-electron chi connectivity index (χ0n) is 21.6. The highest BCUT2D eigenvalue weighted by atomic mass is 19.4. The fraction of sp³-hybridized carbons (Fsp3) is 0.226. The molecule has 40 heavy (non-hydrogen) atoms. The summed E-state index contributed by atoms with van der Waals surface area (Å²) in [4.78, 5) is 26.6. The second-order valence-corrected chi connectivity index (χ2v) is 9.80. The summed E-state index contributed by atoms with van der Waals surface area (Å²) < 4.78 is 45.1. The molecule has 0 bridgehead atoms. The van der Waals surface area contributed by atoms with Crippen molar-refractivity contribution in [2.45, 2.75) is 38.0 Å². The van der Waals surface area contributed by atoms with Crippen LogP contribution in [0.15, 0.2) is 89.5 Å². The molecule has 1 atom stereocenters.